The summed E-state index contributed by atoms with van der Waals surface area (Å²) in [6.07, 6.45) is -0.902. The molecule has 0 spiro atoms. The van der Waals surface area contributed by atoms with Crippen LogP contribution in [-0.4, -0.2) is 36.6 Å². The summed E-state index contributed by atoms with van der Waals surface area (Å²) in [5.74, 6) is -0.242. The van der Waals surface area contributed by atoms with Gasteiger partial charge in [0.05, 0.1) is 24.3 Å². The Labute approximate surface area is 208 Å². The van der Waals surface area contributed by atoms with Gasteiger partial charge < -0.3 is 9.47 Å². The Balaban J connectivity index is 1.43. The molecule has 35 heavy (non-hydrogen) atoms. The number of halogens is 1. The van der Waals surface area contributed by atoms with Crippen LogP contribution >= 0.6 is 11.6 Å². The second-order valence-electron chi connectivity index (χ2n) is 8.45. The third kappa shape index (κ3) is 4.38. The molecule has 2 heterocycles. The Kier molecular flexibility index (Phi) is 6.47. The molecular weight excluding hydrogens is 468 g/mol. The van der Waals surface area contributed by atoms with Crippen molar-refractivity contribution in [3.8, 4) is 11.5 Å². The first-order valence-corrected chi connectivity index (χ1v) is 11.8. The number of amides is 2. The molecule has 2 amide bonds. The number of hydroxylamine groups is 2. The number of carbonyl (C=O) groups is 2. The van der Waals surface area contributed by atoms with Gasteiger partial charge in [-0.05, 0) is 48.4 Å². The minimum absolute atomic E-state index is 0.320. The highest BCUT2D eigenvalue weighted by Gasteiger charge is 2.59. The van der Waals surface area contributed by atoms with E-state index in [1.807, 2.05) is 55.5 Å². The van der Waals surface area contributed by atoms with E-state index in [2.05, 4.69) is 0 Å². The Morgan fingerprint density at radius 2 is 1.71 bits per heavy atom. The van der Waals surface area contributed by atoms with Crippen molar-refractivity contribution in [2.75, 3.05) is 18.6 Å². The average Bonchev–Trinajstić information content (AvgIpc) is 3.32. The summed E-state index contributed by atoms with van der Waals surface area (Å²) in [6.45, 7) is 2.75. The maximum Gasteiger partial charge on any atom is 0.265 e. The van der Waals surface area contributed by atoms with Crippen LogP contribution in [0.5, 0.6) is 11.5 Å². The lowest BCUT2D eigenvalue weighted by molar-refractivity contribution is -0.160. The zero-order chi connectivity index (χ0) is 24.5. The summed E-state index contributed by atoms with van der Waals surface area (Å²) in [7, 11) is 1.73. The number of benzene rings is 3. The van der Waals surface area contributed by atoms with Gasteiger partial charge in [-0.1, -0.05) is 54.1 Å². The van der Waals surface area contributed by atoms with E-state index < -0.39 is 24.0 Å². The standard InChI is InChI=1S/C27H25ClN2O5/c1-3-33-22-14-18(12-13-21(22)34-16-17-8-5-4-6-9-17)24-23-25(35-29(24)2)27(32)30(26(23)31)20-11-7-10-19(28)15-20/h4-15,23-25H,3,16H2,1-2H3/t23-,24-,25-/m1/s1. The second kappa shape index (κ2) is 9.70. The monoisotopic (exact) mass is 492 g/mol. The predicted molar refractivity (Wildman–Crippen MR) is 131 cm³/mol. The second-order valence-corrected chi connectivity index (χ2v) is 8.88. The van der Waals surface area contributed by atoms with Gasteiger partial charge in [-0.25, -0.2) is 4.90 Å². The average molecular weight is 493 g/mol. The number of hydrogen-bond donors (Lipinski definition) is 0. The molecule has 7 nitrogen and oxygen atoms in total. The van der Waals surface area contributed by atoms with E-state index in [1.54, 1.807) is 36.4 Å². The molecule has 180 valence electrons. The van der Waals surface area contributed by atoms with Gasteiger partial charge >= 0.3 is 0 Å². The first kappa shape index (κ1) is 23.4. The lowest BCUT2D eigenvalue weighted by Crippen LogP contribution is -2.36. The molecule has 0 bridgehead atoms. The highest BCUT2D eigenvalue weighted by Crippen LogP contribution is 2.46. The van der Waals surface area contributed by atoms with Crippen LogP contribution in [0.3, 0.4) is 0 Å². The quantitative estimate of drug-likeness (QED) is 0.442. The van der Waals surface area contributed by atoms with Gasteiger partial charge in [-0.3, -0.25) is 14.4 Å². The number of nitrogens with zero attached hydrogens (tertiary/aromatic N) is 2. The molecule has 5 rings (SSSR count). The minimum atomic E-state index is -0.902. The highest BCUT2D eigenvalue weighted by molar-refractivity contribution is 6.31. The normalized spacial score (nSPS) is 21.9. The molecule has 3 atom stereocenters. The number of rotatable bonds is 7. The van der Waals surface area contributed by atoms with Crippen LogP contribution in [0.15, 0.2) is 72.8 Å². The molecule has 3 aromatic rings. The van der Waals surface area contributed by atoms with Crippen LogP contribution in [0, 0.1) is 5.92 Å². The zero-order valence-corrected chi connectivity index (χ0v) is 20.1. The molecule has 2 aliphatic heterocycles. The highest BCUT2D eigenvalue weighted by atomic mass is 35.5. The van der Waals surface area contributed by atoms with E-state index in [4.69, 9.17) is 25.9 Å². The number of hydrogen-bond acceptors (Lipinski definition) is 6. The lowest BCUT2D eigenvalue weighted by Gasteiger charge is -2.25. The third-order valence-corrected chi connectivity index (χ3v) is 6.46. The van der Waals surface area contributed by atoms with E-state index in [0.717, 1.165) is 11.1 Å². The van der Waals surface area contributed by atoms with Crippen molar-refractivity contribution in [2.24, 2.45) is 5.92 Å². The fraction of sp³-hybridized carbons (Fsp3) is 0.259. The maximum absolute atomic E-state index is 13.5. The first-order valence-electron chi connectivity index (χ1n) is 11.4. The lowest BCUT2D eigenvalue weighted by atomic mass is 9.91. The van der Waals surface area contributed by atoms with Crippen LogP contribution < -0.4 is 14.4 Å². The van der Waals surface area contributed by atoms with Crippen molar-refractivity contribution in [2.45, 2.75) is 25.7 Å². The molecule has 2 aliphatic rings. The van der Waals surface area contributed by atoms with Crippen molar-refractivity contribution in [1.29, 1.82) is 0 Å². The Hall–Kier alpha value is -3.39. The largest absolute Gasteiger partial charge is 0.490 e. The fourth-order valence-electron chi connectivity index (χ4n) is 4.67. The Morgan fingerprint density at radius 3 is 2.46 bits per heavy atom. The summed E-state index contributed by atoms with van der Waals surface area (Å²) in [6, 6.07) is 21.7. The topological polar surface area (TPSA) is 68.3 Å². The molecule has 2 saturated heterocycles. The van der Waals surface area contributed by atoms with Gasteiger partial charge in [-0.2, -0.15) is 5.06 Å². The molecule has 8 heteroatoms. The van der Waals surface area contributed by atoms with E-state index in [-0.39, 0.29) is 5.91 Å². The first-order chi connectivity index (χ1) is 17.0. The summed E-state index contributed by atoms with van der Waals surface area (Å²) >= 11 is 6.10. The van der Waals surface area contributed by atoms with E-state index in [1.165, 1.54) is 4.90 Å². The van der Waals surface area contributed by atoms with Crippen LogP contribution in [0.25, 0.3) is 0 Å². The van der Waals surface area contributed by atoms with Gasteiger partial charge in [-0.15, -0.1) is 0 Å². The fourth-order valence-corrected chi connectivity index (χ4v) is 4.85. The summed E-state index contributed by atoms with van der Waals surface area (Å²) < 4.78 is 11.9. The van der Waals surface area contributed by atoms with Crippen LogP contribution in [0.4, 0.5) is 5.69 Å². The number of carbonyl (C=O) groups excluding carboxylic acids is 2. The molecule has 0 aromatic heterocycles. The summed E-state index contributed by atoms with van der Waals surface area (Å²) in [5.41, 5.74) is 2.28. The van der Waals surface area contributed by atoms with Crippen molar-refractivity contribution in [3.63, 3.8) is 0 Å². The molecule has 2 fully saturated rings. The van der Waals surface area contributed by atoms with Crippen LogP contribution in [0.1, 0.15) is 24.1 Å². The number of imide groups is 1. The van der Waals surface area contributed by atoms with Crippen molar-refractivity contribution < 1.29 is 23.9 Å². The SMILES string of the molecule is CCOc1cc([C@@H]2[C@H]3C(=O)N(c4cccc(Cl)c4)C(=O)[C@@H]3ON2C)ccc1OCc1ccccc1. The Bertz CT molecular complexity index is 1250. The minimum Gasteiger partial charge on any atom is -0.490 e. The Morgan fingerprint density at radius 1 is 0.914 bits per heavy atom. The van der Waals surface area contributed by atoms with Gasteiger partial charge in [0.25, 0.3) is 5.91 Å². The van der Waals surface area contributed by atoms with Crippen LogP contribution in [-0.2, 0) is 21.0 Å². The van der Waals surface area contributed by atoms with Gasteiger partial charge in [0, 0.05) is 12.1 Å². The predicted octanol–water partition coefficient (Wildman–Crippen LogP) is 4.79. The molecule has 0 N–H and O–H groups in total. The van der Waals surface area contributed by atoms with Crippen molar-refractivity contribution in [3.05, 3.63) is 88.9 Å². The van der Waals surface area contributed by atoms with Crippen LogP contribution in [0.2, 0.25) is 5.02 Å². The maximum atomic E-state index is 13.5. The van der Waals surface area contributed by atoms with E-state index >= 15 is 0 Å². The molecule has 0 aliphatic carbocycles. The number of ether oxygens (including phenoxy) is 2. The van der Waals surface area contributed by atoms with Crippen molar-refractivity contribution in [1.82, 2.24) is 5.06 Å². The zero-order valence-electron chi connectivity index (χ0n) is 19.4. The molecule has 0 unspecified atom stereocenters. The smallest absolute Gasteiger partial charge is 0.265 e. The van der Waals surface area contributed by atoms with Gasteiger partial charge in [0.2, 0.25) is 5.91 Å². The summed E-state index contributed by atoms with van der Waals surface area (Å²) in [4.78, 5) is 33.7. The molecule has 0 saturated carbocycles. The number of fused-ring (bicyclic) bond motifs is 1. The van der Waals surface area contributed by atoms with E-state index in [9.17, 15) is 9.59 Å². The molecular formula is C27H25ClN2O5. The third-order valence-electron chi connectivity index (χ3n) is 6.22. The molecule has 0 radical (unpaired) electrons. The van der Waals surface area contributed by atoms with Crippen molar-refractivity contribution >= 4 is 29.1 Å². The van der Waals surface area contributed by atoms with E-state index in [0.29, 0.717) is 35.4 Å². The summed E-state index contributed by atoms with van der Waals surface area (Å²) in [5, 5.41) is 2.03. The number of anilines is 1. The van der Waals surface area contributed by atoms with Gasteiger partial charge in [0.1, 0.15) is 6.61 Å². The van der Waals surface area contributed by atoms with Gasteiger partial charge in [0.15, 0.2) is 17.6 Å². The molecule has 3 aromatic carbocycles.